The SMILES string of the molecule is Cc1cc(C=Cc2ccc(S)cc2)n(OS(=O)(=O)c2ccc(F)cc2)c(=O)c1. The molecular formula is C20H16FNO4S2. The first-order valence-corrected chi connectivity index (χ1v) is 10.0. The summed E-state index contributed by atoms with van der Waals surface area (Å²) in [6.07, 6.45) is 3.29. The monoisotopic (exact) mass is 417 g/mol. The highest BCUT2D eigenvalue weighted by Gasteiger charge is 2.19. The minimum Gasteiger partial charge on any atom is -0.280 e. The number of nitrogens with zero attached hydrogens (tertiary/aromatic N) is 1. The van der Waals surface area contributed by atoms with E-state index in [0.717, 1.165) is 34.7 Å². The van der Waals surface area contributed by atoms with Gasteiger partial charge >= 0.3 is 10.1 Å². The summed E-state index contributed by atoms with van der Waals surface area (Å²) in [4.78, 5) is 12.9. The Balaban J connectivity index is 2.00. The summed E-state index contributed by atoms with van der Waals surface area (Å²) >= 11 is 4.22. The number of halogens is 1. The topological polar surface area (TPSA) is 65.4 Å². The van der Waals surface area contributed by atoms with Crippen LogP contribution >= 0.6 is 12.6 Å². The molecule has 0 bridgehead atoms. The summed E-state index contributed by atoms with van der Waals surface area (Å²) in [6.45, 7) is 1.72. The largest absolute Gasteiger partial charge is 0.357 e. The summed E-state index contributed by atoms with van der Waals surface area (Å²) in [5.41, 5.74) is 1.08. The highest BCUT2D eigenvalue weighted by atomic mass is 32.2. The Morgan fingerprint density at radius 2 is 1.64 bits per heavy atom. The van der Waals surface area contributed by atoms with Crippen LogP contribution in [0.5, 0.6) is 0 Å². The average molecular weight is 417 g/mol. The second-order valence-corrected chi connectivity index (χ2v) is 8.04. The van der Waals surface area contributed by atoms with Crippen molar-refractivity contribution in [1.29, 1.82) is 0 Å². The van der Waals surface area contributed by atoms with Gasteiger partial charge in [-0.15, -0.1) is 17.4 Å². The smallest absolute Gasteiger partial charge is 0.280 e. The third-order valence-electron chi connectivity index (χ3n) is 3.78. The van der Waals surface area contributed by atoms with E-state index in [2.05, 4.69) is 12.6 Å². The molecule has 1 heterocycles. The number of aromatic nitrogens is 1. The van der Waals surface area contributed by atoms with Crippen LogP contribution in [0.4, 0.5) is 4.39 Å². The van der Waals surface area contributed by atoms with Gasteiger partial charge in [-0.2, -0.15) is 8.42 Å². The molecular weight excluding hydrogens is 401 g/mol. The normalized spacial score (nSPS) is 11.7. The van der Waals surface area contributed by atoms with Crippen LogP contribution in [0.15, 0.2) is 75.2 Å². The van der Waals surface area contributed by atoms with Gasteiger partial charge in [0.1, 0.15) is 10.7 Å². The lowest BCUT2D eigenvalue weighted by Gasteiger charge is -2.12. The van der Waals surface area contributed by atoms with Gasteiger partial charge in [-0.25, -0.2) is 4.39 Å². The first-order chi connectivity index (χ1) is 13.2. The molecule has 0 amide bonds. The third-order valence-corrected chi connectivity index (χ3v) is 5.27. The van der Waals surface area contributed by atoms with Gasteiger partial charge in [0.05, 0.1) is 5.69 Å². The molecule has 0 spiro atoms. The highest BCUT2D eigenvalue weighted by molar-refractivity contribution is 7.87. The Morgan fingerprint density at radius 3 is 2.29 bits per heavy atom. The van der Waals surface area contributed by atoms with Crippen molar-refractivity contribution in [3.63, 3.8) is 0 Å². The van der Waals surface area contributed by atoms with Crippen molar-refractivity contribution in [2.24, 2.45) is 0 Å². The lowest BCUT2D eigenvalue weighted by Crippen LogP contribution is -2.32. The van der Waals surface area contributed by atoms with Crippen LogP contribution in [0, 0.1) is 12.7 Å². The van der Waals surface area contributed by atoms with Crippen LogP contribution in [-0.2, 0) is 10.1 Å². The molecule has 0 saturated heterocycles. The number of rotatable bonds is 5. The Labute approximate surface area is 167 Å². The molecule has 8 heteroatoms. The van der Waals surface area contributed by atoms with E-state index in [1.165, 1.54) is 6.07 Å². The van der Waals surface area contributed by atoms with Crippen molar-refractivity contribution < 1.29 is 17.1 Å². The van der Waals surface area contributed by atoms with Crippen molar-refractivity contribution in [2.45, 2.75) is 16.7 Å². The van der Waals surface area contributed by atoms with E-state index in [1.54, 1.807) is 25.1 Å². The van der Waals surface area contributed by atoms with Gasteiger partial charge in [-0.3, -0.25) is 9.08 Å². The number of aryl methyl sites for hydroxylation is 1. The lowest BCUT2D eigenvalue weighted by atomic mass is 10.2. The first-order valence-electron chi connectivity index (χ1n) is 8.16. The highest BCUT2D eigenvalue weighted by Crippen LogP contribution is 2.14. The van der Waals surface area contributed by atoms with Gasteiger partial charge in [0.2, 0.25) is 0 Å². The molecule has 5 nitrogen and oxygen atoms in total. The molecule has 2 aromatic carbocycles. The van der Waals surface area contributed by atoms with Crippen LogP contribution in [0.1, 0.15) is 16.8 Å². The maximum Gasteiger partial charge on any atom is 0.357 e. The molecule has 144 valence electrons. The van der Waals surface area contributed by atoms with Crippen LogP contribution < -0.4 is 9.84 Å². The fourth-order valence-corrected chi connectivity index (χ4v) is 3.48. The van der Waals surface area contributed by atoms with Crippen LogP contribution in [0.3, 0.4) is 0 Å². The van der Waals surface area contributed by atoms with Crippen molar-refractivity contribution in [2.75, 3.05) is 0 Å². The molecule has 0 saturated carbocycles. The van der Waals surface area contributed by atoms with Gasteiger partial charge in [0.25, 0.3) is 5.56 Å². The Bertz CT molecular complexity index is 1180. The van der Waals surface area contributed by atoms with Gasteiger partial charge in [0, 0.05) is 11.0 Å². The number of hydrogen-bond donors (Lipinski definition) is 1. The molecule has 28 heavy (non-hydrogen) atoms. The molecule has 0 radical (unpaired) electrons. The fraction of sp³-hybridized carbons (Fsp3) is 0.0500. The molecule has 3 aromatic rings. The average Bonchev–Trinajstić information content (AvgIpc) is 2.64. The summed E-state index contributed by atoms with van der Waals surface area (Å²) in [6, 6.07) is 14.3. The standard InChI is InChI=1S/C20H16FNO4S2/c1-14-12-17(7-2-15-3-8-18(27)9-4-15)22(20(23)13-14)26-28(24,25)19-10-5-16(21)6-11-19/h2-13,27H,1H3. The van der Waals surface area contributed by atoms with Gasteiger partial charge < -0.3 is 0 Å². The van der Waals surface area contributed by atoms with E-state index in [-0.39, 0.29) is 10.6 Å². The van der Waals surface area contributed by atoms with Gasteiger partial charge in [0.15, 0.2) is 0 Å². The molecule has 1 aromatic heterocycles. The number of hydrogen-bond acceptors (Lipinski definition) is 5. The zero-order chi connectivity index (χ0) is 20.3. The van der Waals surface area contributed by atoms with E-state index < -0.39 is 21.5 Å². The molecule has 0 aliphatic carbocycles. The van der Waals surface area contributed by atoms with E-state index in [4.69, 9.17) is 4.28 Å². The van der Waals surface area contributed by atoms with E-state index >= 15 is 0 Å². The van der Waals surface area contributed by atoms with Crippen LogP contribution in [0.25, 0.3) is 12.2 Å². The second kappa shape index (κ2) is 8.04. The molecule has 0 fully saturated rings. The molecule has 3 rings (SSSR count). The molecule has 0 atom stereocenters. The molecule has 0 unspecified atom stereocenters. The van der Waals surface area contributed by atoms with E-state index in [0.29, 0.717) is 10.3 Å². The summed E-state index contributed by atoms with van der Waals surface area (Å²) in [7, 11) is -4.32. The zero-order valence-electron chi connectivity index (χ0n) is 14.7. The summed E-state index contributed by atoms with van der Waals surface area (Å²) in [5, 5.41) is 0. The molecule has 0 N–H and O–H groups in total. The quantitative estimate of drug-likeness (QED) is 0.645. The van der Waals surface area contributed by atoms with E-state index in [9.17, 15) is 17.6 Å². The minimum atomic E-state index is -4.32. The third kappa shape index (κ3) is 4.71. The number of pyridine rings is 1. The predicted octanol–water partition coefficient (Wildman–Crippen LogP) is 3.57. The van der Waals surface area contributed by atoms with Gasteiger partial charge in [-0.1, -0.05) is 18.2 Å². The molecule has 0 aliphatic rings. The van der Waals surface area contributed by atoms with Crippen molar-refractivity contribution in [3.8, 4) is 0 Å². The molecule has 0 aliphatic heterocycles. The Hall–Kier alpha value is -2.84. The summed E-state index contributed by atoms with van der Waals surface area (Å²) in [5.74, 6) is -0.581. The minimum absolute atomic E-state index is 0.241. The maximum absolute atomic E-state index is 13.1. The van der Waals surface area contributed by atoms with E-state index in [1.807, 2.05) is 24.3 Å². The van der Waals surface area contributed by atoms with Crippen LogP contribution in [0.2, 0.25) is 0 Å². The summed E-state index contributed by atoms with van der Waals surface area (Å²) < 4.78 is 43.7. The predicted molar refractivity (Wildman–Crippen MR) is 108 cm³/mol. The Morgan fingerprint density at radius 1 is 1.00 bits per heavy atom. The lowest BCUT2D eigenvalue weighted by molar-refractivity contribution is 0.264. The Kier molecular flexibility index (Phi) is 5.71. The zero-order valence-corrected chi connectivity index (χ0v) is 16.5. The van der Waals surface area contributed by atoms with Crippen LogP contribution in [-0.4, -0.2) is 13.1 Å². The van der Waals surface area contributed by atoms with Gasteiger partial charge in [-0.05, 0) is 66.6 Å². The van der Waals surface area contributed by atoms with Crippen molar-refractivity contribution in [1.82, 2.24) is 4.73 Å². The maximum atomic E-state index is 13.1. The fourth-order valence-electron chi connectivity index (χ4n) is 2.42. The van der Waals surface area contributed by atoms with Crippen molar-refractivity contribution in [3.05, 3.63) is 93.7 Å². The second-order valence-electron chi connectivity index (χ2n) is 6.00. The first kappa shape index (κ1) is 19.9. The number of thiol groups is 1. The number of benzene rings is 2. The van der Waals surface area contributed by atoms with Crippen molar-refractivity contribution >= 4 is 34.9 Å².